The number of carbonyl (C=O) groups is 1. The Morgan fingerprint density at radius 1 is 1.42 bits per heavy atom. The fraction of sp³-hybridized carbons (Fsp3) is 0.533. The average Bonchev–Trinajstić information content (AvgIpc) is 2.30. The highest BCUT2D eigenvalue weighted by molar-refractivity contribution is 5.75. The number of carbonyl (C=O) groups excluding carboxylic acids is 1. The normalized spacial score (nSPS) is 12.1. The molecule has 0 saturated carbocycles. The third-order valence-electron chi connectivity index (χ3n) is 2.83. The summed E-state index contributed by atoms with van der Waals surface area (Å²) in [5, 5.41) is 0. The SMILES string of the molecule is Cc1ccc(OCCC(=O)N(C)C)c(CC(C)N)c1. The summed E-state index contributed by atoms with van der Waals surface area (Å²) in [6.07, 6.45) is 1.16. The lowest BCUT2D eigenvalue weighted by atomic mass is 10.0. The first-order chi connectivity index (χ1) is 8.90. The molecular formula is C15H24N2O2. The standard InChI is InChI=1S/C15H24N2O2/c1-11-5-6-14(13(9-11)10-12(2)16)19-8-7-15(18)17(3)4/h5-6,9,12H,7-8,10,16H2,1-4H3. The van der Waals surface area contributed by atoms with Crippen LogP contribution in [0, 0.1) is 6.92 Å². The Labute approximate surface area is 115 Å². The van der Waals surface area contributed by atoms with Gasteiger partial charge in [0.15, 0.2) is 0 Å². The minimum atomic E-state index is 0.0702. The molecule has 0 radical (unpaired) electrons. The van der Waals surface area contributed by atoms with E-state index < -0.39 is 0 Å². The number of ether oxygens (including phenoxy) is 1. The molecule has 0 aromatic heterocycles. The number of amides is 1. The van der Waals surface area contributed by atoms with E-state index in [-0.39, 0.29) is 11.9 Å². The number of hydrogen-bond donors (Lipinski definition) is 1. The number of benzene rings is 1. The lowest BCUT2D eigenvalue weighted by molar-refractivity contribution is -0.129. The van der Waals surface area contributed by atoms with Crippen LogP contribution in [0.1, 0.15) is 24.5 Å². The summed E-state index contributed by atoms with van der Waals surface area (Å²) >= 11 is 0. The number of nitrogens with zero attached hydrogens (tertiary/aromatic N) is 1. The van der Waals surface area contributed by atoms with Crippen LogP contribution >= 0.6 is 0 Å². The molecule has 0 heterocycles. The second-order valence-electron chi connectivity index (χ2n) is 5.18. The van der Waals surface area contributed by atoms with E-state index in [4.69, 9.17) is 10.5 Å². The van der Waals surface area contributed by atoms with Gasteiger partial charge in [-0.25, -0.2) is 0 Å². The third kappa shape index (κ3) is 5.30. The largest absolute Gasteiger partial charge is 0.493 e. The van der Waals surface area contributed by atoms with Gasteiger partial charge in [0, 0.05) is 20.1 Å². The molecule has 0 aliphatic heterocycles. The molecule has 1 rings (SSSR count). The van der Waals surface area contributed by atoms with Crippen molar-refractivity contribution in [2.45, 2.75) is 32.7 Å². The molecule has 0 aliphatic rings. The Balaban J connectivity index is 2.64. The highest BCUT2D eigenvalue weighted by atomic mass is 16.5. The van der Waals surface area contributed by atoms with Crippen molar-refractivity contribution in [1.82, 2.24) is 4.90 Å². The molecule has 4 heteroatoms. The Hall–Kier alpha value is -1.55. The molecule has 106 valence electrons. The molecule has 4 nitrogen and oxygen atoms in total. The number of aryl methyl sites for hydroxylation is 1. The Morgan fingerprint density at radius 3 is 2.68 bits per heavy atom. The molecule has 0 spiro atoms. The zero-order chi connectivity index (χ0) is 14.4. The van der Waals surface area contributed by atoms with Gasteiger partial charge in [0.05, 0.1) is 13.0 Å². The summed E-state index contributed by atoms with van der Waals surface area (Å²) < 4.78 is 5.71. The van der Waals surface area contributed by atoms with E-state index in [9.17, 15) is 4.79 Å². The molecule has 2 N–H and O–H groups in total. The summed E-state index contributed by atoms with van der Waals surface area (Å²) in [7, 11) is 3.49. The maximum Gasteiger partial charge on any atom is 0.225 e. The van der Waals surface area contributed by atoms with Gasteiger partial charge in [-0.05, 0) is 31.9 Å². The molecular weight excluding hydrogens is 240 g/mol. The molecule has 1 unspecified atom stereocenters. The summed E-state index contributed by atoms with van der Waals surface area (Å²) in [4.78, 5) is 13.0. The van der Waals surface area contributed by atoms with Crippen LogP contribution in [-0.4, -0.2) is 37.6 Å². The summed E-state index contributed by atoms with van der Waals surface area (Å²) in [5.41, 5.74) is 8.14. The van der Waals surface area contributed by atoms with Crippen molar-refractivity contribution >= 4 is 5.91 Å². The van der Waals surface area contributed by atoms with Gasteiger partial charge >= 0.3 is 0 Å². The van der Waals surface area contributed by atoms with Crippen molar-refractivity contribution in [1.29, 1.82) is 0 Å². The first kappa shape index (κ1) is 15.5. The van der Waals surface area contributed by atoms with E-state index in [2.05, 4.69) is 6.07 Å². The van der Waals surface area contributed by atoms with Gasteiger partial charge in [0.25, 0.3) is 0 Å². The van der Waals surface area contributed by atoms with E-state index in [1.807, 2.05) is 26.0 Å². The van der Waals surface area contributed by atoms with Gasteiger partial charge in [-0.15, -0.1) is 0 Å². The van der Waals surface area contributed by atoms with Gasteiger partial charge in [-0.3, -0.25) is 4.79 Å². The monoisotopic (exact) mass is 264 g/mol. The summed E-state index contributed by atoms with van der Waals surface area (Å²) in [5.74, 6) is 0.898. The van der Waals surface area contributed by atoms with Crippen molar-refractivity contribution in [3.05, 3.63) is 29.3 Å². The predicted octanol–water partition coefficient (Wildman–Crippen LogP) is 1.74. The molecule has 0 saturated heterocycles. The van der Waals surface area contributed by atoms with Crippen molar-refractivity contribution in [2.75, 3.05) is 20.7 Å². The van der Waals surface area contributed by atoms with Crippen LogP contribution in [-0.2, 0) is 11.2 Å². The van der Waals surface area contributed by atoms with Crippen LogP contribution in [0.2, 0.25) is 0 Å². The molecule has 1 amide bonds. The fourth-order valence-corrected chi connectivity index (χ4v) is 1.83. The first-order valence-corrected chi connectivity index (χ1v) is 6.58. The second-order valence-corrected chi connectivity index (χ2v) is 5.18. The summed E-state index contributed by atoms with van der Waals surface area (Å²) in [6.45, 7) is 4.41. The van der Waals surface area contributed by atoms with Crippen LogP contribution in [0.5, 0.6) is 5.75 Å². The van der Waals surface area contributed by atoms with E-state index in [1.165, 1.54) is 5.56 Å². The highest BCUT2D eigenvalue weighted by Crippen LogP contribution is 2.21. The van der Waals surface area contributed by atoms with Gasteiger partial charge in [0.1, 0.15) is 5.75 Å². The Kier molecular flexibility index (Phi) is 5.83. The average molecular weight is 264 g/mol. The van der Waals surface area contributed by atoms with Crippen molar-refractivity contribution in [2.24, 2.45) is 5.73 Å². The fourth-order valence-electron chi connectivity index (χ4n) is 1.83. The van der Waals surface area contributed by atoms with Crippen LogP contribution in [0.4, 0.5) is 0 Å². The minimum absolute atomic E-state index is 0.0702. The van der Waals surface area contributed by atoms with Gasteiger partial charge in [0.2, 0.25) is 5.91 Å². The van der Waals surface area contributed by atoms with E-state index in [0.29, 0.717) is 13.0 Å². The molecule has 0 aliphatic carbocycles. The van der Waals surface area contributed by atoms with Gasteiger partial charge in [-0.2, -0.15) is 0 Å². The zero-order valence-corrected chi connectivity index (χ0v) is 12.3. The lowest BCUT2D eigenvalue weighted by Gasteiger charge is -2.15. The molecule has 1 atom stereocenters. The number of hydrogen-bond acceptors (Lipinski definition) is 3. The van der Waals surface area contributed by atoms with Crippen molar-refractivity contribution in [3.8, 4) is 5.75 Å². The minimum Gasteiger partial charge on any atom is -0.493 e. The third-order valence-corrected chi connectivity index (χ3v) is 2.83. The molecule has 19 heavy (non-hydrogen) atoms. The van der Waals surface area contributed by atoms with E-state index in [0.717, 1.165) is 17.7 Å². The zero-order valence-electron chi connectivity index (χ0n) is 12.3. The maximum atomic E-state index is 11.5. The second kappa shape index (κ2) is 7.14. The van der Waals surface area contributed by atoms with Gasteiger partial charge in [-0.1, -0.05) is 17.7 Å². The molecule has 0 bridgehead atoms. The highest BCUT2D eigenvalue weighted by Gasteiger charge is 2.08. The lowest BCUT2D eigenvalue weighted by Crippen LogP contribution is -2.23. The number of nitrogens with two attached hydrogens (primary N) is 1. The summed E-state index contributed by atoms with van der Waals surface area (Å²) in [6, 6.07) is 6.14. The Bertz CT molecular complexity index is 428. The quantitative estimate of drug-likeness (QED) is 0.851. The smallest absolute Gasteiger partial charge is 0.225 e. The number of rotatable bonds is 6. The van der Waals surface area contributed by atoms with Crippen LogP contribution < -0.4 is 10.5 Å². The van der Waals surface area contributed by atoms with Crippen LogP contribution in [0.3, 0.4) is 0 Å². The maximum absolute atomic E-state index is 11.5. The molecule has 1 aromatic carbocycles. The van der Waals surface area contributed by atoms with Gasteiger partial charge < -0.3 is 15.4 Å². The van der Waals surface area contributed by atoms with Crippen LogP contribution in [0.25, 0.3) is 0 Å². The van der Waals surface area contributed by atoms with Crippen molar-refractivity contribution in [3.63, 3.8) is 0 Å². The van der Waals surface area contributed by atoms with Crippen molar-refractivity contribution < 1.29 is 9.53 Å². The topological polar surface area (TPSA) is 55.6 Å². The predicted molar refractivity (Wildman–Crippen MR) is 77.3 cm³/mol. The van der Waals surface area contributed by atoms with E-state index >= 15 is 0 Å². The van der Waals surface area contributed by atoms with Crippen LogP contribution in [0.15, 0.2) is 18.2 Å². The first-order valence-electron chi connectivity index (χ1n) is 6.58. The van der Waals surface area contributed by atoms with E-state index in [1.54, 1.807) is 19.0 Å². The molecule has 1 aromatic rings. The molecule has 0 fully saturated rings. The Morgan fingerprint density at radius 2 is 2.11 bits per heavy atom.